The fourth-order valence-electron chi connectivity index (χ4n) is 10.9. The normalized spacial score (nSPS) is 14.4. The number of carbonyl (C=O) groups excluding carboxylic acids is 4. The van der Waals surface area contributed by atoms with E-state index in [0.29, 0.717) is 161 Å². The number of nitrogens with one attached hydrogen (secondary N) is 3. The van der Waals surface area contributed by atoms with Gasteiger partial charge in [0.15, 0.2) is 12.0 Å². The minimum absolute atomic E-state index is 0.0406. The number of aromatic nitrogens is 9. The number of anilines is 3. The molecule has 28 heteroatoms. The predicted octanol–water partition coefficient (Wildman–Crippen LogP) is 5.11. The number of piperazine rings is 2. The second-order valence-corrected chi connectivity index (χ2v) is 25.0. The number of guanidine groups is 1. The molecule has 3 aromatic rings. The zero-order valence-corrected chi connectivity index (χ0v) is 56.5. The van der Waals surface area contributed by atoms with E-state index in [9.17, 15) is 24.3 Å². The number of aliphatic hydroxyl groups is 1. The molecule has 92 heavy (non-hydrogen) atoms. The molecule has 27 nitrogen and oxygen atoms in total. The van der Waals surface area contributed by atoms with Gasteiger partial charge in [-0.15, -0.1) is 16.6 Å². The highest BCUT2D eigenvalue weighted by molar-refractivity contribution is 7.98. The van der Waals surface area contributed by atoms with Crippen LogP contribution in [0.4, 0.5) is 17.8 Å². The van der Waals surface area contributed by atoms with Crippen molar-refractivity contribution in [2.75, 3.05) is 152 Å². The lowest BCUT2D eigenvalue weighted by atomic mass is 10.0. The van der Waals surface area contributed by atoms with Crippen LogP contribution in [0.2, 0.25) is 0 Å². The smallest absolute Gasteiger partial charge is 0.247 e. The maximum atomic E-state index is 13.4. The molecule has 516 valence electrons. The van der Waals surface area contributed by atoms with Gasteiger partial charge in [0.25, 0.3) is 0 Å². The number of carbonyl (C=O) groups is 4. The molecule has 0 bridgehead atoms. The second-order valence-electron chi connectivity index (χ2n) is 24.0. The number of nitrogens with two attached hydrogens (primary N) is 2. The van der Waals surface area contributed by atoms with Crippen molar-refractivity contribution in [1.82, 2.24) is 65.4 Å². The number of unbranched alkanes of at least 4 members (excludes halogenated alkanes) is 14. The first kappa shape index (κ1) is 76.3. The van der Waals surface area contributed by atoms with E-state index in [4.69, 9.17) is 47.1 Å². The molecule has 2 fully saturated rings. The fraction of sp³-hybridized carbons (Fsp3) is 0.781. The maximum absolute atomic E-state index is 13.4. The molecule has 5 heterocycles. The molecular weight excluding hydrogens is 1190 g/mol. The van der Waals surface area contributed by atoms with Gasteiger partial charge in [-0.25, -0.2) is 9.36 Å². The Bertz CT molecular complexity index is 2590. The Morgan fingerprint density at radius 3 is 1.65 bits per heavy atom. The van der Waals surface area contributed by atoms with E-state index >= 15 is 0 Å². The third-order valence-corrected chi connectivity index (χ3v) is 17.3. The molecular formula is C64H111N19O8S. The van der Waals surface area contributed by atoms with Crippen LogP contribution < -0.4 is 37.2 Å². The summed E-state index contributed by atoms with van der Waals surface area (Å²) >= 11 is 1.78. The first-order chi connectivity index (χ1) is 44.9. The third-order valence-electron chi connectivity index (χ3n) is 16.6. The lowest BCUT2D eigenvalue weighted by Gasteiger charge is -2.36. The standard InChI is InChI=1S/C64H111N19O8S/c1-5-41-89-43-45-91-46-44-90-42-32-70-62-71-63(73-64(72-62)81-39-35-79(36-40-81)58(86)28-20-16-12-8-10-14-18-22-30-68-60(88)56(51-84)83-49-53(74-76-83)25-24-47-92-4)80-37-33-78(34-38-80)57(85)27-19-15-11-7-9-13-17-21-29-67-59(87)55(26-23-31-69-61(65)66)82-50-54(75-77-82)48-52(3)6-2/h1,49-50,52,55-56,84H,6-48,51H2,2-4H3,(H,67,87)(H,68,88)(H4,65,66,69)(H,70,71,72,73)/t52-,55+,56+/m0/s1. The Morgan fingerprint density at radius 2 is 1.13 bits per heavy atom. The van der Waals surface area contributed by atoms with Crippen LogP contribution in [0.1, 0.15) is 179 Å². The van der Waals surface area contributed by atoms with Crippen LogP contribution in [-0.4, -0.2) is 226 Å². The SMILES string of the molecule is C#CCOCCOCCOCCNc1nc(N2CCN(C(=O)CCCCCCCCCCNC(=O)[C@@H](CO)n3cc(CCCSC)nn3)CC2)nc(N2CCN(C(=O)CCCCCCCCCCNC(=O)[C@@H](CCCN=C(N)N)n3cc(C[C@@H](C)CC)nn3)CC2)n1. The highest BCUT2D eigenvalue weighted by Crippen LogP contribution is 2.22. The highest BCUT2D eigenvalue weighted by Gasteiger charge is 2.28. The Morgan fingerprint density at radius 1 is 0.641 bits per heavy atom. The monoisotopic (exact) mass is 1310 g/mol. The quantitative estimate of drug-likeness (QED) is 0.0185. The van der Waals surface area contributed by atoms with Crippen LogP contribution in [0, 0.1) is 18.3 Å². The Balaban J connectivity index is 0.956. The largest absolute Gasteiger partial charge is 0.394 e. The van der Waals surface area contributed by atoms with E-state index in [0.717, 1.165) is 146 Å². The molecule has 5 rings (SSSR count). The van der Waals surface area contributed by atoms with Gasteiger partial charge in [-0.05, 0) is 75.7 Å². The van der Waals surface area contributed by atoms with Gasteiger partial charge in [-0.3, -0.25) is 24.2 Å². The fourth-order valence-corrected chi connectivity index (χ4v) is 11.4. The van der Waals surface area contributed by atoms with E-state index in [1.54, 1.807) is 22.6 Å². The van der Waals surface area contributed by atoms with E-state index in [-0.39, 0.29) is 42.8 Å². The summed E-state index contributed by atoms with van der Waals surface area (Å²) in [6.07, 6.45) is 33.2. The summed E-state index contributed by atoms with van der Waals surface area (Å²) in [5.74, 6) is 5.59. The minimum Gasteiger partial charge on any atom is -0.394 e. The molecule has 2 aliphatic heterocycles. The van der Waals surface area contributed by atoms with Crippen LogP contribution in [0.15, 0.2) is 17.4 Å². The van der Waals surface area contributed by atoms with Crippen LogP contribution in [0.3, 0.4) is 0 Å². The summed E-state index contributed by atoms with van der Waals surface area (Å²) in [6, 6.07) is -1.25. The average Bonchev–Trinajstić information content (AvgIpc) is 1.13. The molecule has 0 aromatic carbocycles. The average molecular weight is 1310 g/mol. The van der Waals surface area contributed by atoms with Crippen molar-refractivity contribution < 1.29 is 38.5 Å². The summed E-state index contributed by atoms with van der Waals surface area (Å²) in [4.78, 5) is 79.8. The zero-order chi connectivity index (χ0) is 65.8. The van der Waals surface area contributed by atoms with Gasteiger partial charge in [0.1, 0.15) is 12.6 Å². The van der Waals surface area contributed by atoms with E-state index in [2.05, 4.69) is 77.4 Å². The summed E-state index contributed by atoms with van der Waals surface area (Å²) in [5.41, 5.74) is 12.7. The van der Waals surface area contributed by atoms with Crippen LogP contribution in [0.25, 0.3) is 0 Å². The first-order valence-corrected chi connectivity index (χ1v) is 35.6. The predicted molar refractivity (Wildman–Crippen MR) is 361 cm³/mol. The summed E-state index contributed by atoms with van der Waals surface area (Å²) in [6.45, 7) is 13.2. The molecule has 3 aromatic heterocycles. The van der Waals surface area contributed by atoms with Crippen molar-refractivity contribution in [1.29, 1.82) is 0 Å². The van der Waals surface area contributed by atoms with E-state index in [1.165, 1.54) is 4.68 Å². The van der Waals surface area contributed by atoms with Crippen molar-refractivity contribution in [3.8, 4) is 12.3 Å². The van der Waals surface area contributed by atoms with E-state index < -0.39 is 12.1 Å². The van der Waals surface area contributed by atoms with Gasteiger partial charge in [0.2, 0.25) is 41.5 Å². The van der Waals surface area contributed by atoms with Crippen LogP contribution in [-0.2, 0) is 46.2 Å². The number of nitrogens with zero attached hydrogens (tertiary/aromatic N) is 14. The minimum atomic E-state index is -0.777. The number of amides is 4. The van der Waals surface area contributed by atoms with Crippen LogP contribution >= 0.6 is 11.8 Å². The number of aliphatic imine (C=N–C) groups is 1. The van der Waals surface area contributed by atoms with Crippen molar-refractivity contribution in [2.24, 2.45) is 22.4 Å². The maximum Gasteiger partial charge on any atom is 0.247 e. The van der Waals surface area contributed by atoms with Crippen molar-refractivity contribution >= 4 is 59.2 Å². The zero-order valence-electron chi connectivity index (χ0n) is 55.7. The number of ether oxygens (including phenoxy) is 3. The summed E-state index contributed by atoms with van der Waals surface area (Å²) in [7, 11) is 0. The third kappa shape index (κ3) is 30.6. The molecule has 8 N–H and O–H groups in total. The van der Waals surface area contributed by atoms with Crippen LogP contribution in [0.5, 0.6) is 0 Å². The number of rotatable bonds is 51. The Labute approximate surface area is 551 Å². The van der Waals surface area contributed by atoms with Gasteiger partial charge >= 0.3 is 0 Å². The second kappa shape index (κ2) is 46.6. The van der Waals surface area contributed by atoms with Gasteiger partial charge < -0.3 is 66.3 Å². The highest BCUT2D eigenvalue weighted by atomic mass is 32.2. The molecule has 0 unspecified atom stereocenters. The lowest BCUT2D eigenvalue weighted by molar-refractivity contribution is -0.132. The molecule has 0 radical (unpaired) electrons. The number of terminal acetylenes is 1. The molecule has 4 amide bonds. The number of hydrogen-bond acceptors (Lipinski definition) is 20. The topological polar surface area (TPSA) is 330 Å². The lowest BCUT2D eigenvalue weighted by Crippen LogP contribution is -2.50. The Hall–Kier alpha value is -6.41. The number of aliphatic hydroxyl groups excluding tert-OH is 1. The molecule has 3 atom stereocenters. The molecule has 2 aliphatic rings. The van der Waals surface area contributed by atoms with Gasteiger partial charge in [-0.2, -0.15) is 26.7 Å². The van der Waals surface area contributed by atoms with Crippen molar-refractivity contribution in [3.63, 3.8) is 0 Å². The number of hydrogen-bond donors (Lipinski definition) is 6. The number of aryl methyl sites for hydroxylation is 1. The molecule has 0 aliphatic carbocycles. The van der Waals surface area contributed by atoms with Crippen molar-refractivity contribution in [3.05, 3.63) is 23.8 Å². The van der Waals surface area contributed by atoms with Gasteiger partial charge in [0.05, 0.1) is 51.0 Å². The molecule has 0 spiro atoms. The first-order valence-electron chi connectivity index (χ1n) is 34.2. The Kier molecular flexibility index (Phi) is 38.7. The van der Waals surface area contributed by atoms with Crippen molar-refractivity contribution in [2.45, 2.75) is 180 Å². The summed E-state index contributed by atoms with van der Waals surface area (Å²) in [5, 5.41) is 36.2. The van der Waals surface area contributed by atoms with E-state index in [1.807, 2.05) is 16.0 Å². The summed E-state index contributed by atoms with van der Waals surface area (Å²) < 4.78 is 19.7. The van der Waals surface area contributed by atoms with Gasteiger partial charge in [0, 0.05) is 104 Å². The van der Waals surface area contributed by atoms with Gasteiger partial charge in [-0.1, -0.05) is 114 Å². The molecule has 0 saturated carbocycles. The molecule has 2 saturated heterocycles. The number of thioether (sulfide) groups is 1.